The number of thiophene rings is 1. The Morgan fingerprint density at radius 1 is 1.46 bits per heavy atom. The maximum absolute atomic E-state index is 13.3. The minimum atomic E-state index is -0.123. The van der Waals surface area contributed by atoms with Crippen molar-refractivity contribution < 1.29 is 4.39 Å². The summed E-state index contributed by atoms with van der Waals surface area (Å²) in [6.07, 6.45) is 0.948. The van der Waals surface area contributed by atoms with E-state index in [4.69, 9.17) is 0 Å². The summed E-state index contributed by atoms with van der Waals surface area (Å²) in [4.78, 5) is 0. The molecule has 0 saturated carbocycles. The van der Waals surface area contributed by atoms with Crippen molar-refractivity contribution in [1.29, 1.82) is 0 Å². The summed E-state index contributed by atoms with van der Waals surface area (Å²) in [6, 6.07) is 3.96. The first kappa shape index (κ1) is 9.16. The number of aryl methyl sites for hydroxylation is 1. The summed E-state index contributed by atoms with van der Waals surface area (Å²) in [5.74, 6) is -0.123. The quantitative estimate of drug-likeness (QED) is 0.713. The van der Waals surface area contributed by atoms with Crippen molar-refractivity contribution in [3.8, 4) is 0 Å². The first-order chi connectivity index (χ1) is 6.24. The van der Waals surface area contributed by atoms with Crippen LogP contribution in [0.5, 0.6) is 0 Å². The Labute approximate surface area is 88.5 Å². The molecule has 0 aliphatic carbocycles. The molecule has 1 aromatic heterocycles. The summed E-state index contributed by atoms with van der Waals surface area (Å²) in [7, 11) is 0. The van der Waals surface area contributed by atoms with Crippen molar-refractivity contribution in [2.75, 3.05) is 0 Å². The van der Waals surface area contributed by atoms with E-state index in [2.05, 4.69) is 22.9 Å². The monoisotopic (exact) mass is 258 g/mol. The fourth-order valence-corrected chi connectivity index (χ4v) is 3.09. The van der Waals surface area contributed by atoms with Crippen LogP contribution in [0.25, 0.3) is 10.1 Å². The van der Waals surface area contributed by atoms with E-state index in [0.29, 0.717) is 0 Å². The maximum atomic E-state index is 13.3. The van der Waals surface area contributed by atoms with E-state index in [9.17, 15) is 4.39 Å². The summed E-state index contributed by atoms with van der Waals surface area (Å²) < 4.78 is 15.2. The molecule has 0 aliphatic heterocycles. The molecule has 0 nitrogen and oxygen atoms in total. The van der Waals surface area contributed by atoms with Crippen LogP contribution in [0.2, 0.25) is 0 Å². The molecule has 13 heavy (non-hydrogen) atoms. The minimum Gasteiger partial charge on any atom is -0.205 e. The first-order valence-corrected chi connectivity index (χ1v) is 5.75. The average molecular weight is 259 g/mol. The molecule has 0 unspecified atom stereocenters. The lowest BCUT2D eigenvalue weighted by Gasteiger charge is -2.00. The van der Waals surface area contributed by atoms with Crippen molar-refractivity contribution in [3.05, 3.63) is 33.4 Å². The van der Waals surface area contributed by atoms with Crippen LogP contribution in [0.1, 0.15) is 12.5 Å². The molecular formula is C10H8BrFS. The normalized spacial score (nSPS) is 11.0. The molecule has 2 rings (SSSR count). The maximum Gasteiger partial charge on any atom is 0.142 e. The Bertz CT molecular complexity index is 447. The standard InChI is InChI=1S/C10H8BrFS/c1-2-6-3-4-7(11)9-8(12)5-13-10(6)9/h3-5H,2H2,1H3. The van der Waals surface area contributed by atoms with Crippen LogP contribution in [0.15, 0.2) is 22.0 Å². The van der Waals surface area contributed by atoms with Crippen molar-refractivity contribution in [3.63, 3.8) is 0 Å². The predicted octanol–water partition coefficient (Wildman–Crippen LogP) is 4.37. The zero-order chi connectivity index (χ0) is 9.42. The van der Waals surface area contributed by atoms with E-state index in [-0.39, 0.29) is 5.82 Å². The summed E-state index contributed by atoms with van der Waals surface area (Å²) in [5, 5.41) is 2.29. The van der Waals surface area contributed by atoms with Crippen LogP contribution in [0.4, 0.5) is 4.39 Å². The Hall–Kier alpha value is -0.410. The van der Waals surface area contributed by atoms with E-state index < -0.39 is 0 Å². The van der Waals surface area contributed by atoms with Crippen molar-refractivity contribution >= 4 is 37.4 Å². The molecule has 0 bridgehead atoms. The molecule has 0 amide bonds. The molecule has 3 heteroatoms. The molecule has 0 atom stereocenters. The van der Waals surface area contributed by atoms with Crippen molar-refractivity contribution in [2.24, 2.45) is 0 Å². The molecule has 0 fully saturated rings. The van der Waals surface area contributed by atoms with Gasteiger partial charge in [0, 0.05) is 19.9 Å². The van der Waals surface area contributed by atoms with Gasteiger partial charge in [0.2, 0.25) is 0 Å². The average Bonchev–Trinajstić information content (AvgIpc) is 2.50. The number of hydrogen-bond donors (Lipinski definition) is 0. The molecule has 0 radical (unpaired) electrons. The fourth-order valence-electron chi connectivity index (χ4n) is 1.41. The Morgan fingerprint density at radius 3 is 2.92 bits per heavy atom. The second kappa shape index (κ2) is 3.39. The van der Waals surface area contributed by atoms with Gasteiger partial charge in [-0.15, -0.1) is 11.3 Å². The van der Waals surface area contributed by atoms with Gasteiger partial charge < -0.3 is 0 Å². The second-order valence-electron chi connectivity index (χ2n) is 2.85. The van der Waals surface area contributed by atoms with Crippen LogP contribution < -0.4 is 0 Å². The highest BCUT2D eigenvalue weighted by Gasteiger charge is 2.09. The van der Waals surface area contributed by atoms with Crippen LogP contribution in [-0.4, -0.2) is 0 Å². The zero-order valence-corrected chi connectivity index (χ0v) is 9.51. The third-order valence-electron chi connectivity index (χ3n) is 2.09. The Kier molecular flexibility index (Phi) is 2.39. The number of halogens is 2. The zero-order valence-electron chi connectivity index (χ0n) is 7.10. The van der Waals surface area contributed by atoms with E-state index in [1.165, 1.54) is 16.9 Å². The first-order valence-electron chi connectivity index (χ1n) is 4.08. The molecule has 2 aromatic rings. The van der Waals surface area contributed by atoms with Gasteiger partial charge in [-0.05, 0) is 18.1 Å². The summed E-state index contributed by atoms with van der Waals surface area (Å²) >= 11 is 4.83. The van der Waals surface area contributed by atoms with Gasteiger partial charge in [0.25, 0.3) is 0 Å². The molecule has 0 spiro atoms. The molecule has 0 N–H and O–H groups in total. The number of benzene rings is 1. The minimum absolute atomic E-state index is 0.123. The lowest BCUT2D eigenvalue weighted by Crippen LogP contribution is -1.81. The molecule has 1 heterocycles. The Morgan fingerprint density at radius 2 is 2.23 bits per heavy atom. The predicted molar refractivity (Wildman–Crippen MR) is 58.9 cm³/mol. The highest BCUT2D eigenvalue weighted by Crippen LogP contribution is 2.34. The smallest absolute Gasteiger partial charge is 0.142 e. The van der Waals surface area contributed by atoms with Crippen LogP contribution in [0.3, 0.4) is 0 Å². The van der Waals surface area contributed by atoms with E-state index in [1.54, 1.807) is 5.38 Å². The molecular weight excluding hydrogens is 251 g/mol. The summed E-state index contributed by atoms with van der Waals surface area (Å²) in [5.41, 5.74) is 1.21. The highest BCUT2D eigenvalue weighted by molar-refractivity contribution is 9.10. The van der Waals surface area contributed by atoms with Crippen LogP contribution >= 0.6 is 27.3 Å². The van der Waals surface area contributed by atoms with Gasteiger partial charge in [0.15, 0.2) is 0 Å². The van der Waals surface area contributed by atoms with E-state index >= 15 is 0 Å². The van der Waals surface area contributed by atoms with Gasteiger partial charge in [0.1, 0.15) is 5.82 Å². The van der Waals surface area contributed by atoms with Crippen LogP contribution in [-0.2, 0) is 6.42 Å². The van der Waals surface area contributed by atoms with Crippen molar-refractivity contribution in [2.45, 2.75) is 13.3 Å². The third-order valence-corrected chi connectivity index (χ3v) is 3.78. The van der Waals surface area contributed by atoms with Gasteiger partial charge in [0.05, 0.1) is 0 Å². The topological polar surface area (TPSA) is 0 Å². The Balaban J connectivity index is 2.87. The number of hydrogen-bond acceptors (Lipinski definition) is 1. The van der Waals surface area contributed by atoms with Gasteiger partial charge >= 0.3 is 0 Å². The van der Waals surface area contributed by atoms with Crippen LogP contribution in [0, 0.1) is 5.82 Å². The highest BCUT2D eigenvalue weighted by atomic mass is 79.9. The molecule has 68 valence electrons. The second-order valence-corrected chi connectivity index (χ2v) is 4.58. The lowest BCUT2D eigenvalue weighted by molar-refractivity contribution is 0.644. The van der Waals surface area contributed by atoms with Crippen molar-refractivity contribution in [1.82, 2.24) is 0 Å². The number of fused-ring (bicyclic) bond motifs is 1. The van der Waals surface area contributed by atoms with E-state index in [0.717, 1.165) is 21.0 Å². The molecule has 1 aromatic carbocycles. The van der Waals surface area contributed by atoms with Gasteiger partial charge in [-0.1, -0.05) is 28.9 Å². The fraction of sp³-hybridized carbons (Fsp3) is 0.200. The largest absolute Gasteiger partial charge is 0.205 e. The SMILES string of the molecule is CCc1ccc(Br)c2c(F)csc12. The van der Waals surface area contributed by atoms with E-state index in [1.807, 2.05) is 12.1 Å². The summed E-state index contributed by atoms with van der Waals surface area (Å²) in [6.45, 7) is 2.08. The third kappa shape index (κ3) is 1.40. The van der Waals surface area contributed by atoms with Gasteiger partial charge in [-0.25, -0.2) is 4.39 Å². The molecule has 0 saturated heterocycles. The van der Waals surface area contributed by atoms with Gasteiger partial charge in [-0.3, -0.25) is 0 Å². The van der Waals surface area contributed by atoms with Gasteiger partial charge in [-0.2, -0.15) is 0 Å². The lowest BCUT2D eigenvalue weighted by atomic mass is 10.1. The molecule has 0 aliphatic rings. The number of rotatable bonds is 1.